The van der Waals surface area contributed by atoms with Crippen LogP contribution in [-0.4, -0.2) is 38.1 Å². The van der Waals surface area contributed by atoms with Gasteiger partial charge < -0.3 is 15.5 Å². The van der Waals surface area contributed by atoms with E-state index >= 15 is 0 Å². The summed E-state index contributed by atoms with van der Waals surface area (Å²) in [6.45, 7) is 5.97. The zero-order valence-electron chi connectivity index (χ0n) is 13.6. The molecule has 0 aromatic heterocycles. The molecular weight excluding hydrogens is 333 g/mol. The fraction of sp³-hybridized carbons (Fsp3) is 0.588. The van der Waals surface area contributed by atoms with E-state index in [-0.39, 0.29) is 30.7 Å². The summed E-state index contributed by atoms with van der Waals surface area (Å²) in [7, 11) is 0. The van der Waals surface area contributed by atoms with Crippen molar-refractivity contribution in [1.82, 2.24) is 10.6 Å². The number of anilines is 1. The highest BCUT2D eigenvalue weighted by molar-refractivity contribution is 6.00. The number of hydrogen-bond donors (Lipinski definition) is 2. The third kappa shape index (κ3) is 5.00. The Bertz CT molecular complexity index is 513. The van der Waals surface area contributed by atoms with Gasteiger partial charge in [-0.25, -0.2) is 0 Å². The van der Waals surface area contributed by atoms with Crippen LogP contribution in [0.25, 0.3) is 0 Å². The predicted molar refractivity (Wildman–Crippen MR) is 100 cm³/mol. The van der Waals surface area contributed by atoms with Gasteiger partial charge in [0.05, 0.1) is 5.56 Å². The summed E-state index contributed by atoms with van der Waals surface area (Å²) < 4.78 is 0. The molecule has 3 rings (SSSR count). The second-order valence-electron chi connectivity index (χ2n) is 6.22. The Hall–Kier alpha value is -0.970. The SMILES string of the molecule is Cc1ccc(N2CCCC2)c(C(=O)NCC2CCCN2)c1.Cl.Cl. The summed E-state index contributed by atoms with van der Waals surface area (Å²) in [6.07, 6.45) is 4.82. The lowest BCUT2D eigenvalue weighted by atomic mass is 10.1. The molecule has 0 spiro atoms. The molecule has 0 bridgehead atoms. The van der Waals surface area contributed by atoms with E-state index < -0.39 is 0 Å². The molecule has 1 atom stereocenters. The van der Waals surface area contributed by atoms with Gasteiger partial charge in [0.25, 0.3) is 5.91 Å². The molecule has 1 unspecified atom stereocenters. The van der Waals surface area contributed by atoms with E-state index in [0.29, 0.717) is 6.04 Å². The first kappa shape index (κ1) is 20.1. The van der Waals surface area contributed by atoms with Crippen LogP contribution in [-0.2, 0) is 0 Å². The van der Waals surface area contributed by atoms with Gasteiger partial charge >= 0.3 is 0 Å². The molecule has 0 aliphatic carbocycles. The maximum absolute atomic E-state index is 12.6. The zero-order valence-corrected chi connectivity index (χ0v) is 15.3. The Morgan fingerprint density at radius 1 is 1.26 bits per heavy atom. The van der Waals surface area contributed by atoms with Gasteiger partial charge in [0.2, 0.25) is 0 Å². The Morgan fingerprint density at radius 2 is 2.00 bits per heavy atom. The van der Waals surface area contributed by atoms with Crippen molar-refractivity contribution < 1.29 is 4.79 Å². The molecule has 1 aromatic carbocycles. The summed E-state index contributed by atoms with van der Waals surface area (Å²) in [4.78, 5) is 14.9. The lowest BCUT2D eigenvalue weighted by Crippen LogP contribution is -2.37. The molecule has 2 N–H and O–H groups in total. The minimum Gasteiger partial charge on any atom is -0.371 e. The Morgan fingerprint density at radius 3 is 2.65 bits per heavy atom. The number of benzene rings is 1. The number of carbonyl (C=O) groups excluding carboxylic acids is 1. The molecule has 1 amide bonds. The molecule has 2 saturated heterocycles. The normalized spacial score (nSPS) is 19.9. The van der Waals surface area contributed by atoms with Crippen LogP contribution in [0.1, 0.15) is 41.6 Å². The third-order valence-corrected chi connectivity index (χ3v) is 4.51. The van der Waals surface area contributed by atoms with Crippen molar-refractivity contribution in [1.29, 1.82) is 0 Å². The maximum atomic E-state index is 12.6. The first-order valence-corrected chi connectivity index (χ1v) is 8.11. The van der Waals surface area contributed by atoms with Gasteiger partial charge in [0, 0.05) is 31.4 Å². The molecular formula is C17H27Cl2N3O. The van der Waals surface area contributed by atoms with Crippen LogP contribution < -0.4 is 15.5 Å². The Labute approximate surface area is 151 Å². The molecule has 6 heteroatoms. The van der Waals surface area contributed by atoms with E-state index in [4.69, 9.17) is 0 Å². The lowest BCUT2D eigenvalue weighted by Gasteiger charge is -2.22. The second kappa shape index (κ2) is 9.36. The highest BCUT2D eigenvalue weighted by Gasteiger charge is 2.21. The van der Waals surface area contributed by atoms with Gasteiger partial charge in [-0.3, -0.25) is 4.79 Å². The standard InChI is InChI=1S/C17H25N3O.2ClH/c1-13-6-7-16(20-9-2-3-10-20)15(11-13)17(21)19-12-14-5-4-8-18-14;;/h6-7,11,14,18H,2-5,8-10,12H2,1H3,(H,19,21);2*1H. The molecule has 2 heterocycles. The van der Waals surface area contributed by atoms with E-state index in [1.807, 2.05) is 13.0 Å². The van der Waals surface area contributed by atoms with Crippen LogP contribution >= 0.6 is 24.8 Å². The van der Waals surface area contributed by atoms with Gasteiger partial charge in [-0.2, -0.15) is 0 Å². The first-order valence-electron chi connectivity index (χ1n) is 8.11. The zero-order chi connectivity index (χ0) is 14.7. The number of amides is 1. The van der Waals surface area contributed by atoms with Crippen molar-refractivity contribution in [3.63, 3.8) is 0 Å². The summed E-state index contributed by atoms with van der Waals surface area (Å²) in [5.41, 5.74) is 3.06. The summed E-state index contributed by atoms with van der Waals surface area (Å²) >= 11 is 0. The first-order chi connectivity index (χ1) is 10.2. The topological polar surface area (TPSA) is 44.4 Å². The molecule has 130 valence electrons. The molecule has 23 heavy (non-hydrogen) atoms. The Kier molecular flexibility index (Phi) is 8.17. The third-order valence-electron chi connectivity index (χ3n) is 4.51. The molecule has 1 aromatic rings. The monoisotopic (exact) mass is 359 g/mol. The van der Waals surface area contributed by atoms with Crippen LogP contribution in [0.15, 0.2) is 18.2 Å². The molecule has 2 aliphatic rings. The minimum atomic E-state index is 0. The summed E-state index contributed by atoms with van der Waals surface area (Å²) in [6, 6.07) is 6.66. The van der Waals surface area contributed by atoms with Gasteiger partial charge in [-0.15, -0.1) is 24.8 Å². The Balaban J connectivity index is 0.00000132. The highest BCUT2D eigenvalue weighted by Crippen LogP contribution is 2.25. The van der Waals surface area contributed by atoms with Gasteiger partial charge in [0.15, 0.2) is 0 Å². The van der Waals surface area contributed by atoms with Crippen molar-refractivity contribution in [2.24, 2.45) is 0 Å². The van der Waals surface area contributed by atoms with Crippen molar-refractivity contribution in [3.8, 4) is 0 Å². The summed E-state index contributed by atoms with van der Waals surface area (Å²) in [5, 5.41) is 6.52. The van der Waals surface area contributed by atoms with Gasteiger partial charge in [0.1, 0.15) is 0 Å². The van der Waals surface area contributed by atoms with Crippen molar-refractivity contribution in [3.05, 3.63) is 29.3 Å². The quantitative estimate of drug-likeness (QED) is 0.868. The van der Waals surface area contributed by atoms with Crippen molar-refractivity contribution >= 4 is 36.4 Å². The summed E-state index contributed by atoms with van der Waals surface area (Å²) in [5.74, 6) is 0.0642. The predicted octanol–water partition coefficient (Wildman–Crippen LogP) is 2.92. The largest absolute Gasteiger partial charge is 0.371 e. The number of halogens is 2. The fourth-order valence-electron chi connectivity index (χ4n) is 3.31. The minimum absolute atomic E-state index is 0. The van der Waals surface area contributed by atoms with Crippen molar-refractivity contribution in [2.45, 2.75) is 38.6 Å². The molecule has 2 aliphatic heterocycles. The number of nitrogens with zero attached hydrogens (tertiary/aromatic N) is 1. The van der Waals surface area contributed by atoms with Crippen LogP contribution in [0, 0.1) is 6.92 Å². The van der Waals surface area contributed by atoms with Gasteiger partial charge in [-0.1, -0.05) is 11.6 Å². The van der Waals surface area contributed by atoms with Gasteiger partial charge in [-0.05, 0) is 51.3 Å². The lowest BCUT2D eigenvalue weighted by molar-refractivity contribution is 0.0950. The van der Waals surface area contributed by atoms with E-state index in [1.54, 1.807) is 0 Å². The van der Waals surface area contributed by atoms with Crippen LogP contribution in [0.5, 0.6) is 0 Å². The smallest absolute Gasteiger partial charge is 0.253 e. The highest BCUT2D eigenvalue weighted by atomic mass is 35.5. The number of nitrogens with one attached hydrogen (secondary N) is 2. The molecule has 0 saturated carbocycles. The average Bonchev–Trinajstić information content (AvgIpc) is 3.18. The van der Waals surface area contributed by atoms with Crippen LogP contribution in [0.3, 0.4) is 0 Å². The van der Waals surface area contributed by atoms with Crippen molar-refractivity contribution in [2.75, 3.05) is 31.1 Å². The second-order valence-corrected chi connectivity index (χ2v) is 6.22. The molecule has 4 nitrogen and oxygen atoms in total. The maximum Gasteiger partial charge on any atom is 0.253 e. The average molecular weight is 360 g/mol. The number of rotatable bonds is 4. The molecule has 2 fully saturated rings. The number of aryl methyl sites for hydroxylation is 1. The van der Waals surface area contributed by atoms with E-state index in [9.17, 15) is 4.79 Å². The number of hydrogen-bond acceptors (Lipinski definition) is 3. The fourth-order valence-corrected chi connectivity index (χ4v) is 3.31. The van der Waals surface area contributed by atoms with E-state index in [2.05, 4.69) is 27.7 Å². The number of carbonyl (C=O) groups is 1. The van der Waals surface area contributed by atoms with Crippen LogP contribution in [0.4, 0.5) is 5.69 Å². The van der Waals surface area contributed by atoms with E-state index in [0.717, 1.165) is 49.4 Å². The van der Waals surface area contributed by atoms with Crippen LogP contribution in [0.2, 0.25) is 0 Å². The molecule has 0 radical (unpaired) electrons. The van der Waals surface area contributed by atoms with E-state index in [1.165, 1.54) is 19.3 Å².